The molecule has 0 spiro atoms. The van der Waals surface area contributed by atoms with Crippen LogP contribution in [0.2, 0.25) is 0 Å². The molecular formula is C10H20N2O. The molecule has 0 amide bonds. The van der Waals surface area contributed by atoms with Gasteiger partial charge < -0.3 is 10.0 Å². The monoisotopic (exact) mass is 184 g/mol. The van der Waals surface area contributed by atoms with Crippen molar-refractivity contribution in [2.24, 2.45) is 0 Å². The smallest absolute Gasteiger partial charge is 0.107 e. The third kappa shape index (κ3) is 2.03. The number of hydrogen-bond donors (Lipinski definition) is 1. The lowest BCUT2D eigenvalue weighted by atomic mass is 10.1. The van der Waals surface area contributed by atoms with E-state index in [0.717, 1.165) is 19.5 Å². The van der Waals surface area contributed by atoms with Crippen LogP contribution in [0, 0.1) is 0 Å². The van der Waals surface area contributed by atoms with Crippen LogP contribution < -0.4 is 0 Å². The molecule has 1 N–H and O–H groups in total. The second-order valence-electron chi connectivity index (χ2n) is 4.42. The molecule has 2 rings (SSSR count). The number of likely N-dealkylation sites (tertiary alicyclic amines) is 2. The minimum atomic E-state index is -0.156. The summed E-state index contributed by atoms with van der Waals surface area (Å²) >= 11 is 0. The highest BCUT2D eigenvalue weighted by atomic mass is 16.3. The van der Waals surface area contributed by atoms with Crippen LogP contribution in [0.25, 0.3) is 0 Å². The fourth-order valence-corrected chi connectivity index (χ4v) is 2.61. The van der Waals surface area contributed by atoms with Crippen LogP contribution in [0.3, 0.4) is 0 Å². The highest BCUT2D eigenvalue weighted by molar-refractivity contribution is 4.83. The Bertz CT molecular complexity index is 174. The summed E-state index contributed by atoms with van der Waals surface area (Å²) in [6.07, 6.45) is 4.53. The Balaban J connectivity index is 1.91. The van der Waals surface area contributed by atoms with E-state index < -0.39 is 0 Å². The van der Waals surface area contributed by atoms with Crippen molar-refractivity contribution >= 4 is 0 Å². The van der Waals surface area contributed by atoms with E-state index in [1.807, 2.05) is 0 Å². The molecule has 13 heavy (non-hydrogen) atoms. The minimum absolute atomic E-state index is 0.156. The average molecular weight is 184 g/mol. The van der Waals surface area contributed by atoms with E-state index in [1.165, 1.54) is 25.8 Å². The van der Waals surface area contributed by atoms with Crippen LogP contribution >= 0.6 is 0 Å². The average Bonchev–Trinajstić information content (AvgIpc) is 2.51. The molecule has 2 heterocycles. The van der Waals surface area contributed by atoms with E-state index in [-0.39, 0.29) is 6.23 Å². The zero-order chi connectivity index (χ0) is 9.26. The maximum Gasteiger partial charge on any atom is 0.107 e. The van der Waals surface area contributed by atoms with Crippen molar-refractivity contribution in [3.05, 3.63) is 0 Å². The van der Waals surface area contributed by atoms with Crippen LogP contribution in [0.15, 0.2) is 0 Å². The van der Waals surface area contributed by atoms with Gasteiger partial charge in [0.15, 0.2) is 0 Å². The van der Waals surface area contributed by atoms with Crippen molar-refractivity contribution in [2.45, 2.75) is 38.0 Å². The van der Waals surface area contributed by atoms with Gasteiger partial charge in [0.05, 0.1) is 0 Å². The molecule has 0 aromatic carbocycles. The third-order valence-corrected chi connectivity index (χ3v) is 3.33. The Morgan fingerprint density at radius 3 is 2.54 bits per heavy atom. The van der Waals surface area contributed by atoms with Gasteiger partial charge in [-0.25, -0.2) is 0 Å². The zero-order valence-corrected chi connectivity index (χ0v) is 8.45. The van der Waals surface area contributed by atoms with E-state index in [2.05, 4.69) is 16.8 Å². The van der Waals surface area contributed by atoms with Crippen LogP contribution in [-0.4, -0.2) is 53.9 Å². The second-order valence-corrected chi connectivity index (χ2v) is 4.42. The Labute approximate surface area is 80.3 Å². The summed E-state index contributed by atoms with van der Waals surface area (Å²) < 4.78 is 0. The van der Waals surface area contributed by atoms with Crippen molar-refractivity contribution in [1.82, 2.24) is 9.80 Å². The van der Waals surface area contributed by atoms with Crippen LogP contribution in [-0.2, 0) is 0 Å². The predicted octanol–water partition coefficient (Wildman–Crippen LogP) is 0.495. The molecule has 0 aromatic rings. The molecule has 2 fully saturated rings. The Hall–Kier alpha value is -0.120. The lowest BCUT2D eigenvalue weighted by Crippen LogP contribution is -2.48. The van der Waals surface area contributed by atoms with Gasteiger partial charge >= 0.3 is 0 Å². The fraction of sp³-hybridized carbons (Fsp3) is 1.00. The SMILES string of the molecule is CN1CCC[C@H](N2CCCC2O)C1. The standard InChI is InChI=1S/C10H20N2O/c1-11-6-2-4-9(8-11)12-7-3-5-10(12)13/h9-10,13H,2-8H2,1H3/t9-,10?/m0/s1. The Kier molecular flexibility index (Phi) is 2.86. The van der Waals surface area contributed by atoms with E-state index in [0.29, 0.717) is 6.04 Å². The first-order valence-electron chi connectivity index (χ1n) is 5.40. The molecule has 2 saturated heterocycles. The summed E-state index contributed by atoms with van der Waals surface area (Å²) in [6.45, 7) is 3.46. The summed E-state index contributed by atoms with van der Waals surface area (Å²) in [6, 6.07) is 0.608. The summed E-state index contributed by atoms with van der Waals surface area (Å²) in [5.41, 5.74) is 0. The molecule has 1 unspecified atom stereocenters. The number of rotatable bonds is 1. The molecule has 3 nitrogen and oxygen atoms in total. The van der Waals surface area contributed by atoms with Crippen molar-refractivity contribution in [1.29, 1.82) is 0 Å². The fourth-order valence-electron chi connectivity index (χ4n) is 2.61. The van der Waals surface area contributed by atoms with Gasteiger partial charge in [0.1, 0.15) is 6.23 Å². The number of likely N-dealkylation sites (N-methyl/N-ethyl adjacent to an activating group) is 1. The number of hydrogen-bond acceptors (Lipinski definition) is 3. The van der Waals surface area contributed by atoms with E-state index in [4.69, 9.17) is 0 Å². The van der Waals surface area contributed by atoms with Crippen molar-refractivity contribution in [3.63, 3.8) is 0 Å². The van der Waals surface area contributed by atoms with E-state index in [1.54, 1.807) is 0 Å². The molecule has 2 aliphatic heterocycles. The van der Waals surface area contributed by atoms with Gasteiger partial charge in [-0.05, 0) is 39.3 Å². The first-order valence-corrected chi connectivity index (χ1v) is 5.40. The minimum Gasteiger partial charge on any atom is -0.378 e. The molecule has 0 radical (unpaired) electrons. The number of aliphatic hydroxyl groups excluding tert-OH is 1. The lowest BCUT2D eigenvalue weighted by molar-refractivity contribution is -0.0115. The molecule has 0 aromatic heterocycles. The molecular weight excluding hydrogens is 164 g/mol. The van der Waals surface area contributed by atoms with Crippen molar-refractivity contribution < 1.29 is 5.11 Å². The summed E-state index contributed by atoms with van der Waals surface area (Å²) in [5, 5.41) is 9.73. The van der Waals surface area contributed by atoms with E-state index in [9.17, 15) is 5.11 Å². The highest BCUT2D eigenvalue weighted by Crippen LogP contribution is 2.23. The van der Waals surface area contributed by atoms with E-state index >= 15 is 0 Å². The van der Waals surface area contributed by atoms with Gasteiger partial charge in [0.2, 0.25) is 0 Å². The molecule has 0 saturated carbocycles. The van der Waals surface area contributed by atoms with Gasteiger partial charge in [-0.3, -0.25) is 4.90 Å². The van der Waals surface area contributed by atoms with Crippen LogP contribution in [0.1, 0.15) is 25.7 Å². The van der Waals surface area contributed by atoms with Crippen molar-refractivity contribution in [2.75, 3.05) is 26.7 Å². The molecule has 3 heteroatoms. The lowest BCUT2D eigenvalue weighted by Gasteiger charge is -2.37. The molecule has 0 aliphatic carbocycles. The van der Waals surface area contributed by atoms with Gasteiger partial charge in [-0.15, -0.1) is 0 Å². The summed E-state index contributed by atoms with van der Waals surface area (Å²) in [5.74, 6) is 0. The van der Waals surface area contributed by atoms with Gasteiger partial charge in [-0.2, -0.15) is 0 Å². The predicted molar refractivity (Wildman–Crippen MR) is 52.5 cm³/mol. The topological polar surface area (TPSA) is 26.7 Å². The Morgan fingerprint density at radius 2 is 1.92 bits per heavy atom. The Morgan fingerprint density at radius 1 is 1.15 bits per heavy atom. The summed E-state index contributed by atoms with van der Waals surface area (Å²) in [7, 11) is 2.18. The first kappa shape index (κ1) is 9.44. The molecule has 0 bridgehead atoms. The first-order chi connectivity index (χ1) is 6.27. The van der Waals surface area contributed by atoms with Gasteiger partial charge in [0, 0.05) is 19.1 Å². The number of piperidine rings is 1. The van der Waals surface area contributed by atoms with Gasteiger partial charge in [0.25, 0.3) is 0 Å². The largest absolute Gasteiger partial charge is 0.378 e. The molecule has 2 aliphatic rings. The number of nitrogens with zero attached hydrogens (tertiary/aromatic N) is 2. The van der Waals surface area contributed by atoms with Gasteiger partial charge in [-0.1, -0.05) is 0 Å². The maximum absolute atomic E-state index is 9.73. The maximum atomic E-state index is 9.73. The molecule has 76 valence electrons. The van der Waals surface area contributed by atoms with Crippen molar-refractivity contribution in [3.8, 4) is 0 Å². The highest BCUT2D eigenvalue weighted by Gasteiger charge is 2.31. The third-order valence-electron chi connectivity index (χ3n) is 3.33. The van der Waals surface area contributed by atoms with Crippen LogP contribution in [0.5, 0.6) is 0 Å². The second kappa shape index (κ2) is 3.95. The van der Waals surface area contributed by atoms with Crippen LogP contribution in [0.4, 0.5) is 0 Å². The number of aliphatic hydroxyl groups is 1. The zero-order valence-electron chi connectivity index (χ0n) is 8.45. The quantitative estimate of drug-likeness (QED) is 0.642. The molecule has 2 atom stereocenters. The normalized spacial score (nSPS) is 38.3. The summed E-state index contributed by atoms with van der Waals surface area (Å²) in [4.78, 5) is 4.66.